The molecule has 0 aliphatic carbocycles. The van der Waals surface area contributed by atoms with E-state index in [0.29, 0.717) is 10.6 Å². The molecule has 3 aromatic carbocycles. The molecule has 1 heterocycles. The molecule has 0 fully saturated rings. The third-order valence-electron chi connectivity index (χ3n) is 4.46. The van der Waals surface area contributed by atoms with Crippen LogP contribution in [0.25, 0.3) is 0 Å². The van der Waals surface area contributed by atoms with Gasteiger partial charge in [-0.2, -0.15) is 0 Å². The van der Waals surface area contributed by atoms with Crippen LogP contribution in [-0.2, 0) is 0 Å². The maximum Gasteiger partial charge on any atom is 0.262 e. The van der Waals surface area contributed by atoms with Crippen LogP contribution < -0.4 is 10.2 Å². The molecule has 0 radical (unpaired) electrons. The molecular weight excluding hydrogens is 332 g/mol. The quantitative estimate of drug-likeness (QED) is 0.670. The summed E-state index contributed by atoms with van der Waals surface area (Å²) in [6.45, 7) is 1.94. The Bertz CT molecular complexity index is 940. The predicted octanol–water partition coefficient (Wildman–Crippen LogP) is 5.42. The zero-order valence-electron chi connectivity index (χ0n) is 13.7. The van der Waals surface area contributed by atoms with Crippen LogP contribution in [0.5, 0.6) is 0 Å². The first kappa shape index (κ1) is 15.7. The molecule has 0 spiro atoms. The summed E-state index contributed by atoms with van der Waals surface area (Å²) in [5, 5.41) is 4.19. The van der Waals surface area contributed by atoms with Crippen molar-refractivity contribution in [2.75, 3.05) is 10.2 Å². The molecule has 124 valence electrons. The van der Waals surface area contributed by atoms with Gasteiger partial charge >= 0.3 is 0 Å². The van der Waals surface area contributed by atoms with Crippen molar-refractivity contribution in [2.45, 2.75) is 13.1 Å². The molecule has 1 unspecified atom stereocenters. The summed E-state index contributed by atoms with van der Waals surface area (Å²) < 4.78 is 0. The van der Waals surface area contributed by atoms with E-state index >= 15 is 0 Å². The van der Waals surface area contributed by atoms with Crippen molar-refractivity contribution in [3.8, 4) is 0 Å². The summed E-state index contributed by atoms with van der Waals surface area (Å²) in [5.41, 5.74) is 4.31. The Kier molecular flexibility index (Phi) is 3.94. The lowest BCUT2D eigenvalue weighted by Gasteiger charge is -2.38. The SMILES string of the molecule is Cc1cc(N2C(=O)c3ccccc3NC2c2ccccc2)ccc1Cl. The summed E-state index contributed by atoms with van der Waals surface area (Å²) in [4.78, 5) is 15.0. The van der Waals surface area contributed by atoms with E-state index in [-0.39, 0.29) is 12.1 Å². The molecule has 4 heteroatoms. The first-order valence-electron chi connectivity index (χ1n) is 8.15. The number of nitrogens with one attached hydrogen (secondary N) is 1. The lowest BCUT2D eigenvalue weighted by molar-refractivity contribution is 0.0975. The van der Waals surface area contributed by atoms with E-state index in [4.69, 9.17) is 11.6 Å². The molecule has 1 atom stereocenters. The number of fused-ring (bicyclic) bond motifs is 1. The largest absolute Gasteiger partial charge is 0.360 e. The van der Waals surface area contributed by atoms with E-state index < -0.39 is 0 Å². The van der Waals surface area contributed by atoms with Crippen LogP contribution in [0.3, 0.4) is 0 Å². The van der Waals surface area contributed by atoms with Crippen molar-refractivity contribution >= 4 is 28.9 Å². The molecule has 1 aliphatic heterocycles. The molecule has 1 N–H and O–H groups in total. The Morgan fingerprint density at radius 2 is 1.68 bits per heavy atom. The van der Waals surface area contributed by atoms with Crippen LogP contribution in [0, 0.1) is 6.92 Å². The fraction of sp³-hybridized carbons (Fsp3) is 0.0952. The minimum absolute atomic E-state index is 0.0232. The Morgan fingerprint density at radius 1 is 0.960 bits per heavy atom. The van der Waals surface area contributed by atoms with Gasteiger partial charge in [0, 0.05) is 16.4 Å². The third-order valence-corrected chi connectivity index (χ3v) is 4.89. The fourth-order valence-corrected chi connectivity index (χ4v) is 3.28. The number of amides is 1. The monoisotopic (exact) mass is 348 g/mol. The molecule has 0 bridgehead atoms. The number of benzene rings is 3. The van der Waals surface area contributed by atoms with E-state index in [9.17, 15) is 4.79 Å². The first-order valence-corrected chi connectivity index (χ1v) is 8.53. The van der Waals surface area contributed by atoms with Gasteiger partial charge < -0.3 is 5.32 Å². The number of rotatable bonds is 2. The molecule has 3 nitrogen and oxygen atoms in total. The van der Waals surface area contributed by atoms with Crippen LogP contribution >= 0.6 is 11.6 Å². The number of nitrogens with zero attached hydrogens (tertiary/aromatic N) is 1. The Balaban J connectivity index is 1.88. The highest BCUT2D eigenvalue weighted by molar-refractivity contribution is 6.31. The van der Waals surface area contributed by atoms with Crippen molar-refractivity contribution in [3.63, 3.8) is 0 Å². The second-order valence-corrected chi connectivity index (χ2v) is 6.52. The predicted molar refractivity (Wildman–Crippen MR) is 102 cm³/mol. The van der Waals surface area contributed by atoms with Gasteiger partial charge in [0.1, 0.15) is 6.17 Å². The van der Waals surface area contributed by atoms with E-state index in [1.54, 1.807) is 4.90 Å². The number of carbonyl (C=O) groups excluding carboxylic acids is 1. The van der Waals surface area contributed by atoms with E-state index in [0.717, 1.165) is 22.5 Å². The molecular formula is C21H17ClN2O. The van der Waals surface area contributed by atoms with Crippen LogP contribution in [0.15, 0.2) is 72.8 Å². The third kappa shape index (κ3) is 2.77. The van der Waals surface area contributed by atoms with Crippen molar-refractivity contribution in [1.82, 2.24) is 0 Å². The minimum Gasteiger partial charge on any atom is -0.360 e. The van der Waals surface area contributed by atoms with Gasteiger partial charge in [0.15, 0.2) is 0 Å². The minimum atomic E-state index is -0.274. The van der Waals surface area contributed by atoms with E-state index in [2.05, 4.69) is 5.32 Å². The first-order chi connectivity index (χ1) is 12.1. The highest BCUT2D eigenvalue weighted by Gasteiger charge is 2.33. The molecule has 4 rings (SSSR count). The standard InChI is InChI=1S/C21H17ClN2O/c1-14-13-16(11-12-18(14)22)24-20(15-7-3-2-4-8-15)23-19-10-6-5-9-17(19)21(24)25/h2-13,20,23H,1H3. The average molecular weight is 349 g/mol. The highest BCUT2D eigenvalue weighted by Crippen LogP contribution is 2.37. The van der Waals surface area contributed by atoms with E-state index in [1.807, 2.05) is 79.7 Å². The lowest BCUT2D eigenvalue weighted by Crippen LogP contribution is -2.43. The highest BCUT2D eigenvalue weighted by atomic mass is 35.5. The summed E-state index contributed by atoms with van der Waals surface area (Å²) >= 11 is 6.17. The number of halogens is 1. The second-order valence-electron chi connectivity index (χ2n) is 6.11. The van der Waals surface area contributed by atoms with Crippen molar-refractivity contribution in [1.29, 1.82) is 0 Å². The smallest absolute Gasteiger partial charge is 0.262 e. The molecule has 1 amide bonds. The second kappa shape index (κ2) is 6.26. The van der Waals surface area contributed by atoms with Crippen LogP contribution in [0.1, 0.15) is 27.7 Å². The van der Waals surface area contributed by atoms with Gasteiger partial charge in [-0.3, -0.25) is 9.69 Å². The molecule has 3 aromatic rings. The van der Waals surface area contributed by atoms with Crippen LogP contribution in [-0.4, -0.2) is 5.91 Å². The number of carbonyl (C=O) groups is 1. The van der Waals surface area contributed by atoms with Gasteiger partial charge in [-0.25, -0.2) is 0 Å². The molecule has 0 saturated carbocycles. The van der Waals surface area contributed by atoms with Gasteiger partial charge in [0.2, 0.25) is 0 Å². The molecule has 1 aliphatic rings. The Labute approximate surface area is 151 Å². The van der Waals surface area contributed by atoms with Gasteiger partial charge in [0.05, 0.1) is 5.56 Å². The number of hydrogen-bond acceptors (Lipinski definition) is 2. The fourth-order valence-electron chi connectivity index (χ4n) is 3.17. The molecule has 0 aromatic heterocycles. The van der Waals surface area contributed by atoms with E-state index in [1.165, 1.54) is 0 Å². The van der Waals surface area contributed by atoms with Gasteiger partial charge in [-0.1, -0.05) is 54.1 Å². The average Bonchev–Trinajstić information content (AvgIpc) is 2.65. The van der Waals surface area contributed by atoms with Crippen molar-refractivity contribution in [3.05, 3.63) is 94.5 Å². The zero-order valence-corrected chi connectivity index (χ0v) is 14.5. The maximum absolute atomic E-state index is 13.3. The number of aryl methyl sites for hydroxylation is 1. The Morgan fingerprint density at radius 3 is 2.44 bits per heavy atom. The molecule has 25 heavy (non-hydrogen) atoms. The van der Waals surface area contributed by atoms with Gasteiger partial charge in [-0.15, -0.1) is 0 Å². The normalized spacial score (nSPS) is 16.3. The van der Waals surface area contributed by atoms with Gasteiger partial charge in [-0.05, 0) is 48.4 Å². The van der Waals surface area contributed by atoms with Crippen molar-refractivity contribution in [2.24, 2.45) is 0 Å². The summed E-state index contributed by atoms with van der Waals surface area (Å²) in [5.74, 6) is -0.0232. The summed E-state index contributed by atoms with van der Waals surface area (Å²) in [6.07, 6.45) is -0.274. The molecule has 0 saturated heterocycles. The summed E-state index contributed by atoms with van der Waals surface area (Å²) in [6, 6.07) is 23.3. The number of hydrogen-bond donors (Lipinski definition) is 1. The Hall–Kier alpha value is -2.78. The zero-order chi connectivity index (χ0) is 17.4. The maximum atomic E-state index is 13.3. The summed E-state index contributed by atoms with van der Waals surface area (Å²) in [7, 11) is 0. The van der Waals surface area contributed by atoms with Gasteiger partial charge in [0.25, 0.3) is 5.91 Å². The van der Waals surface area contributed by atoms with Crippen molar-refractivity contribution < 1.29 is 4.79 Å². The van der Waals surface area contributed by atoms with Crippen LogP contribution in [0.2, 0.25) is 5.02 Å². The number of para-hydroxylation sites is 1. The lowest BCUT2D eigenvalue weighted by atomic mass is 10.0. The number of anilines is 2. The van der Waals surface area contributed by atoms with Crippen LogP contribution in [0.4, 0.5) is 11.4 Å². The topological polar surface area (TPSA) is 32.3 Å².